The minimum Gasteiger partial charge on any atom is -0.316 e. The van der Waals surface area contributed by atoms with Gasteiger partial charge >= 0.3 is 0 Å². The van der Waals surface area contributed by atoms with Crippen molar-refractivity contribution >= 4 is 44.2 Å². The predicted octanol–water partition coefficient (Wildman–Crippen LogP) is 2.74. The smallest absolute Gasteiger partial charge is 0.229 e. The van der Waals surface area contributed by atoms with E-state index in [0.717, 1.165) is 23.3 Å². The molecule has 19 heavy (non-hydrogen) atoms. The third kappa shape index (κ3) is 2.59. The Morgan fingerprint density at radius 2 is 2.37 bits per heavy atom. The predicted molar refractivity (Wildman–Crippen MR) is 78.8 cm³/mol. The number of carbonyl (C=O) groups is 1. The number of benzene rings is 1. The van der Waals surface area contributed by atoms with Crippen molar-refractivity contribution < 1.29 is 4.79 Å². The molecule has 0 spiro atoms. The van der Waals surface area contributed by atoms with E-state index in [2.05, 4.69) is 15.6 Å². The van der Waals surface area contributed by atoms with Crippen LogP contribution in [-0.4, -0.2) is 24.0 Å². The van der Waals surface area contributed by atoms with E-state index < -0.39 is 0 Å². The molecule has 2 heterocycles. The summed E-state index contributed by atoms with van der Waals surface area (Å²) in [6.45, 7) is 3.80. The van der Waals surface area contributed by atoms with Gasteiger partial charge in [-0.1, -0.05) is 29.9 Å². The maximum absolute atomic E-state index is 12.1. The number of thiazole rings is 1. The van der Waals surface area contributed by atoms with E-state index in [0.29, 0.717) is 16.1 Å². The van der Waals surface area contributed by atoms with Crippen LogP contribution in [-0.2, 0) is 4.79 Å². The van der Waals surface area contributed by atoms with Crippen LogP contribution in [0.2, 0.25) is 5.02 Å². The standard InChI is InChI=1S/C13H14ClN3OS/c1-7(8-5-15-6-8)12(18)17-13-16-10-3-2-9(14)4-11(10)19-13/h2-4,7-8,15H,5-6H2,1H3,(H,16,17,18). The van der Waals surface area contributed by atoms with Crippen LogP contribution < -0.4 is 10.6 Å². The van der Waals surface area contributed by atoms with Gasteiger partial charge in [0.25, 0.3) is 0 Å². The highest BCUT2D eigenvalue weighted by molar-refractivity contribution is 7.22. The summed E-state index contributed by atoms with van der Waals surface area (Å²) >= 11 is 7.39. The molecule has 1 atom stereocenters. The molecule has 0 bridgehead atoms. The van der Waals surface area contributed by atoms with Crippen LogP contribution in [0.3, 0.4) is 0 Å². The Labute approximate surface area is 120 Å². The number of hydrogen-bond donors (Lipinski definition) is 2. The second-order valence-electron chi connectivity index (χ2n) is 4.83. The maximum Gasteiger partial charge on any atom is 0.229 e. The second-order valence-corrected chi connectivity index (χ2v) is 6.29. The Balaban J connectivity index is 1.75. The van der Waals surface area contributed by atoms with E-state index >= 15 is 0 Å². The highest BCUT2D eigenvalue weighted by Crippen LogP contribution is 2.29. The molecule has 0 aliphatic carbocycles. The van der Waals surface area contributed by atoms with Crippen molar-refractivity contribution in [1.29, 1.82) is 0 Å². The monoisotopic (exact) mass is 295 g/mol. The zero-order valence-electron chi connectivity index (χ0n) is 10.4. The number of rotatable bonds is 3. The topological polar surface area (TPSA) is 54.0 Å². The first-order valence-corrected chi connectivity index (χ1v) is 7.40. The number of nitrogens with zero attached hydrogens (tertiary/aromatic N) is 1. The Morgan fingerprint density at radius 1 is 1.58 bits per heavy atom. The zero-order valence-corrected chi connectivity index (χ0v) is 12.0. The summed E-state index contributed by atoms with van der Waals surface area (Å²) in [7, 11) is 0. The lowest BCUT2D eigenvalue weighted by molar-refractivity contribution is -0.121. The van der Waals surface area contributed by atoms with Gasteiger partial charge in [-0.15, -0.1) is 0 Å². The van der Waals surface area contributed by atoms with Crippen LogP contribution in [0.25, 0.3) is 10.2 Å². The second kappa shape index (κ2) is 5.07. The minimum absolute atomic E-state index is 0.0110. The summed E-state index contributed by atoms with van der Waals surface area (Å²) in [5.41, 5.74) is 0.864. The van der Waals surface area contributed by atoms with E-state index in [1.165, 1.54) is 11.3 Å². The van der Waals surface area contributed by atoms with Crippen molar-refractivity contribution in [3.05, 3.63) is 23.2 Å². The highest BCUT2D eigenvalue weighted by Gasteiger charge is 2.29. The summed E-state index contributed by atoms with van der Waals surface area (Å²) in [4.78, 5) is 16.5. The van der Waals surface area contributed by atoms with Gasteiger partial charge in [0.05, 0.1) is 10.2 Å². The van der Waals surface area contributed by atoms with Crippen molar-refractivity contribution in [2.45, 2.75) is 6.92 Å². The first-order chi connectivity index (χ1) is 9.13. The fraction of sp³-hybridized carbons (Fsp3) is 0.385. The molecule has 4 nitrogen and oxygen atoms in total. The van der Waals surface area contributed by atoms with Crippen LogP contribution in [0.4, 0.5) is 5.13 Å². The van der Waals surface area contributed by atoms with Crippen molar-refractivity contribution in [2.24, 2.45) is 11.8 Å². The lowest BCUT2D eigenvalue weighted by Crippen LogP contribution is -2.48. The molecule has 1 fully saturated rings. The Bertz CT molecular complexity index is 623. The van der Waals surface area contributed by atoms with Crippen molar-refractivity contribution in [3.63, 3.8) is 0 Å². The van der Waals surface area contributed by atoms with Gasteiger partial charge in [0.2, 0.25) is 5.91 Å². The summed E-state index contributed by atoms with van der Waals surface area (Å²) in [5, 5.41) is 7.40. The molecule has 1 aromatic carbocycles. The minimum atomic E-state index is 0.0110. The third-order valence-electron chi connectivity index (χ3n) is 3.51. The summed E-state index contributed by atoms with van der Waals surface area (Å²) in [6, 6.07) is 5.53. The molecule has 2 aromatic rings. The lowest BCUT2D eigenvalue weighted by atomic mass is 9.88. The van der Waals surface area contributed by atoms with Gasteiger partial charge in [0.15, 0.2) is 5.13 Å². The fourth-order valence-electron chi connectivity index (χ4n) is 2.05. The van der Waals surface area contributed by atoms with E-state index in [1.807, 2.05) is 19.1 Å². The van der Waals surface area contributed by atoms with Crippen molar-refractivity contribution in [3.8, 4) is 0 Å². The van der Waals surface area contributed by atoms with E-state index in [-0.39, 0.29) is 11.8 Å². The van der Waals surface area contributed by atoms with Gasteiger partial charge in [-0.2, -0.15) is 0 Å². The average Bonchev–Trinajstić information content (AvgIpc) is 2.67. The molecule has 2 N–H and O–H groups in total. The maximum atomic E-state index is 12.1. The molecule has 3 rings (SSSR count). The van der Waals surface area contributed by atoms with Crippen LogP contribution in [0.15, 0.2) is 18.2 Å². The number of fused-ring (bicyclic) bond motifs is 1. The number of nitrogens with one attached hydrogen (secondary N) is 2. The van der Waals surface area contributed by atoms with Crippen LogP contribution in [0.1, 0.15) is 6.92 Å². The Kier molecular flexibility index (Phi) is 3.43. The van der Waals surface area contributed by atoms with Crippen molar-refractivity contribution in [1.82, 2.24) is 10.3 Å². The Hall–Kier alpha value is -1.17. The number of halogens is 1. The number of aromatic nitrogens is 1. The number of anilines is 1. The number of amides is 1. The molecule has 100 valence electrons. The van der Waals surface area contributed by atoms with Gasteiger partial charge in [0, 0.05) is 10.9 Å². The first-order valence-electron chi connectivity index (χ1n) is 6.21. The fourth-order valence-corrected chi connectivity index (χ4v) is 3.19. The molecule has 1 aliphatic heterocycles. The van der Waals surface area contributed by atoms with Gasteiger partial charge in [0.1, 0.15) is 0 Å². The summed E-state index contributed by atoms with van der Waals surface area (Å²) < 4.78 is 0.987. The van der Waals surface area contributed by atoms with E-state index in [9.17, 15) is 4.79 Å². The summed E-state index contributed by atoms with van der Waals surface area (Å²) in [6.07, 6.45) is 0. The molecular formula is C13H14ClN3OS. The van der Waals surface area contributed by atoms with Crippen LogP contribution in [0, 0.1) is 11.8 Å². The molecule has 1 unspecified atom stereocenters. The average molecular weight is 296 g/mol. The Morgan fingerprint density at radius 3 is 3.05 bits per heavy atom. The lowest BCUT2D eigenvalue weighted by Gasteiger charge is -2.31. The molecule has 1 saturated heterocycles. The largest absolute Gasteiger partial charge is 0.316 e. The quantitative estimate of drug-likeness (QED) is 0.915. The van der Waals surface area contributed by atoms with E-state index in [1.54, 1.807) is 6.07 Å². The van der Waals surface area contributed by atoms with Crippen LogP contribution in [0.5, 0.6) is 0 Å². The molecule has 6 heteroatoms. The zero-order chi connectivity index (χ0) is 13.4. The molecule has 1 aliphatic rings. The van der Waals surface area contributed by atoms with Crippen molar-refractivity contribution in [2.75, 3.05) is 18.4 Å². The third-order valence-corrected chi connectivity index (χ3v) is 4.68. The van der Waals surface area contributed by atoms with Gasteiger partial charge in [-0.05, 0) is 37.2 Å². The normalized spacial score (nSPS) is 17.2. The van der Waals surface area contributed by atoms with Gasteiger partial charge in [-0.3, -0.25) is 4.79 Å². The number of hydrogen-bond acceptors (Lipinski definition) is 4. The van der Waals surface area contributed by atoms with Gasteiger partial charge in [-0.25, -0.2) is 4.98 Å². The molecule has 0 saturated carbocycles. The molecule has 0 radical (unpaired) electrons. The van der Waals surface area contributed by atoms with Crippen LogP contribution >= 0.6 is 22.9 Å². The molecular weight excluding hydrogens is 282 g/mol. The van der Waals surface area contributed by atoms with E-state index in [4.69, 9.17) is 11.6 Å². The summed E-state index contributed by atoms with van der Waals surface area (Å²) in [5.74, 6) is 0.484. The molecule has 1 aromatic heterocycles. The highest BCUT2D eigenvalue weighted by atomic mass is 35.5. The number of carbonyl (C=O) groups excluding carboxylic acids is 1. The van der Waals surface area contributed by atoms with Gasteiger partial charge < -0.3 is 10.6 Å². The molecule has 1 amide bonds. The SMILES string of the molecule is CC(C(=O)Nc1nc2ccc(Cl)cc2s1)C1CNC1. The first kappa shape index (κ1) is 12.8.